The van der Waals surface area contributed by atoms with Crippen molar-refractivity contribution in [2.45, 2.75) is 44.3 Å². The Balaban J connectivity index is 1.57. The Bertz CT molecular complexity index is 1270. The highest BCUT2D eigenvalue weighted by Gasteiger charge is 2.35. The molecule has 0 amide bonds. The van der Waals surface area contributed by atoms with Gasteiger partial charge in [-0.15, -0.1) is 0 Å². The normalized spacial score (nSPS) is 18.2. The highest BCUT2D eigenvalue weighted by atomic mass is 16.5. The quantitative estimate of drug-likeness (QED) is 0.426. The molecule has 0 radical (unpaired) electrons. The largest absolute Gasteiger partial charge is 0.508 e. The van der Waals surface area contributed by atoms with Crippen molar-refractivity contribution in [1.82, 2.24) is 0 Å². The Hall–Kier alpha value is -3.42. The van der Waals surface area contributed by atoms with Gasteiger partial charge in [0.25, 0.3) is 0 Å². The van der Waals surface area contributed by atoms with E-state index in [-0.39, 0.29) is 18.1 Å². The number of hydrogen-bond acceptors (Lipinski definition) is 7. The minimum atomic E-state index is -0.804. The van der Waals surface area contributed by atoms with Gasteiger partial charge in [-0.3, -0.25) is 0 Å². The minimum absolute atomic E-state index is 0.00949. The van der Waals surface area contributed by atoms with E-state index in [9.17, 15) is 20.4 Å². The Labute approximate surface area is 204 Å². The molecule has 4 N–H and O–H groups in total. The average Bonchev–Trinajstić information content (AvgIpc) is 2.86. The summed E-state index contributed by atoms with van der Waals surface area (Å²) in [5, 5.41) is 40.9. The molecular weight excluding hydrogens is 448 g/mol. The van der Waals surface area contributed by atoms with Crippen molar-refractivity contribution in [1.29, 1.82) is 0 Å². The van der Waals surface area contributed by atoms with Gasteiger partial charge >= 0.3 is 0 Å². The first-order chi connectivity index (χ1) is 16.9. The van der Waals surface area contributed by atoms with Crippen LogP contribution in [-0.2, 0) is 25.7 Å². The van der Waals surface area contributed by atoms with E-state index < -0.39 is 12.2 Å². The summed E-state index contributed by atoms with van der Waals surface area (Å²) < 4.78 is 17.5. The van der Waals surface area contributed by atoms with E-state index in [0.717, 1.165) is 40.7 Å². The SMILES string of the molecule is COc1cc(C2Oc3cc(OC)c4c(c3CC2O)CCc2cc(O)ccc2-4)cc(CCCO)c1O. The topological polar surface area (TPSA) is 109 Å². The summed E-state index contributed by atoms with van der Waals surface area (Å²) in [4.78, 5) is 0. The van der Waals surface area contributed by atoms with Gasteiger partial charge in [-0.05, 0) is 77.8 Å². The standard InChI is InChI=1S/C28H30O7/c1-33-24-14-23-21(20-7-5-15-11-18(30)6-8-19(15)26(20)24)13-22(31)28(35-23)17-10-16(4-3-9-29)27(32)25(12-17)34-2/h6,8,10-12,14,22,28-32H,3-5,7,9,13H2,1-2H3. The molecule has 2 aliphatic rings. The number of hydrogen-bond donors (Lipinski definition) is 4. The number of rotatable bonds is 6. The highest BCUT2D eigenvalue weighted by Crippen LogP contribution is 2.49. The molecule has 3 aromatic rings. The monoisotopic (exact) mass is 478 g/mol. The highest BCUT2D eigenvalue weighted by molar-refractivity contribution is 5.82. The zero-order valence-corrected chi connectivity index (χ0v) is 19.9. The molecule has 1 aliphatic carbocycles. The van der Waals surface area contributed by atoms with Crippen molar-refractivity contribution in [3.05, 3.63) is 64.2 Å². The number of phenolic OH excluding ortho intramolecular Hbond substituents is 2. The summed E-state index contributed by atoms with van der Waals surface area (Å²) >= 11 is 0. The van der Waals surface area contributed by atoms with Gasteiger partial charge in [-0.1, -0.05) is 6.07 Å². The Kier molecular flexibility index (Phi) is 6.21. The van der Waals surface area contributed by atoms with Crippen LogP contribution in [0.1, 0.15) is 40.3 Å². The average molecular weight is 479 g/mol. The number of fused-ring (bicyclic) bond motifs is 5. The van der Waals surface area contributed by atoms with Crippen molar-refractivity contribution in [2.24, 2.45) is 0 Å². The third kappa shape index (κ3) is 4.05. The summed E-state index contributed by atoms with van der Waals surface area (Å²) in [5.41, 5.74) is 6.48. The molecular formula is C28H30O7. The number of aromatic hydroxyl groups is 2. The van der Waals surface area contributed by atoms with Gasteiger partial charge in [0, 0.05) is 30.2 Å². The molecule has 1 heterocycles. The molecule has 0 saturated heterocycles. The second-order valence-electron chi connectivity index (χ2n) is 9.12. The van der Waals surface area contributed by atoms with Crippen molar-refractivity contribution in [3.63, 3.8) is 0 Å². The van der Waals surface area contributed by atoms with Crippen molar-refractivity contribution >= 4 is 0 Å². The molecule has 0 fully saturated rings. The Morgan fingerprint density at radius 2 is 1.77 bits per heavy atom. The van der Waals surface area contributed by atoms with Crippen LogP contribution in [0.15, 0.2) is 36.4 Å². The smallest absolute Gasteiger partial charge is 0.161 e. The van der Waals surface area contributed by atoms with Gasteiger partial charge < -0.3 is 34.6 Å². The van der Waals surface area contributed by atoms with Crippen LogP contribution >= 0.6 is 0 Å². The van der Waals surface area contributed by atoms with Gasteiger partial charge in [0.1, 0.15) is 23.4 Å². The number of aliphatic hydroxyl groups is 2. The van der Waals surface area contributed by atoms with E-state index >= 15 is 0 Å². The van der Waals surface area contributed by atoms with Gasteiger partial charge in [0.15, 0.2) is 11.5 Å². The molecule has 35 heavy (non-hydrogen) atoms. The van der Waals surface area contributed by atoms with Gasteiger partial charge in [-0.25, -0.2) is 0 Å². The van der Waals surface area contributed by atoms with Gasteiger partial charge in [0.05, 0.1) is 20.3 Å². The fourth-order valence-corrected chi connectivity index (χ4v) is 5.37. The Morgan fingerprint density at radius 3 is 2.51 bits per heavy atom. The van der Waals surface area contributed by atoms with Gasteiger partial charge in [-0.2, -0.15) is 0 Å². The number of aliphatic hydroxyl groups excluding tert-OH is 2. The zero-order valence-electron chi connectivity index (χ0n) is 19.9. The summed E-state index contributed by atoms with van der Waals surface area (Å²) in [5.74, 6) is 1.94. The van der Waals surface area contributed by atoms with E-state index in [4.69, 9.17) is 14.2 Å². The van der Waals surface area contributed by atoms with E-state index in [2.05, 4.69) is 0 Å². The second-order valence-corrected chi connectivity index (χ2v) is 9.12. The van der Waals surface area contributed by atoms with Crippen LogP contribution in [0, 0.1) is 0 Å². The molecule has 184 valence electrons. The molecule has 0 saturated carbocycles. The van der Waals surface area contributed by atoms with Gasteiger partial charge in [0.2, 0.25) is 0 Å². The van der Waals surface area contributed by atoms with E-state index in [1.807, 2.05) is 18.2 Å². The van der Waals surface area contributed by atoms with Crippen LogP contribution in [-0.4, -0.2) is 47.4 Å². The number of methoxy groups -OCH3 is 2. The first-order valence-electron chi connectivity index (χ1n) is 11.9. The summed E-state index contributed by atoms with van der Waals surface area (Å²) in [6.45, 7) is 0.00949. The fourth-order valence-electron chi connectivity index (χ4n) is 5.37. The van der Waals surface area contributed by atoms with Crippen LogP contribution in [0.25, 0.3) is 11.1 Å². The second kappa shape index (κ2) is 9.32. The van der Waals surface area contributed by atoms with Crippen LogP contribution < -0.4 is 14.2 Å². The number of phenols is 2. The lowest BCUT2D eigenvalue weighted by atomic mass is 9.80. The number of benzene rings is 3. The van der Waals surface area contributed by atoms with Crippen LogP contribution in [0.2, 0.25) is 0 Å². The van der Waals surface area contributed by atoms with Crippen molar-refractivity contribution in [2.75, 3.05) is 20.8 Å². The predicted molar refractivity (Wildman–Crippen MR) is 131 cm³/mol. The first-order valence-corrected chi connectivity index (χ1v) is 11.9. The molecule has 3 aromatic carbocycles. The van der Waals surface area contributed by atoms with Crippen LogP contribution in [0.3, 0.4) is 0 Å². The lowest BCUT2D eigenvalue weighted by Gasteiger charge is -2.35. The maximum atomic E-state index is 11.2. The molecule has 2 unspecified atom stereocenters. The third-order valence-electron chi connectivity index (χ3n) is 7.04. The molecule has 0 bridgehead atoms. The molecule has 5 rings (SSSR count). The lowest BCUT2D eigenvalue weighted by molar-refractivity contribution is 0.0202. The fraction of sp³-hybridized carbons (Fsp3) is 0.357. The minimum Gasteiger partial charge on any atom is -0.508 e. The van der Waals surface area contributed by atoms with Crippen molar-refractivity contribution < 1.29 is 34.6 Å². The summed E-state index contributed by atoms with van der Waals surface area (Å²) in [6, 6.07) is 10.8. The molecule has 1 aliphatic heterocycles. The maximum Gasteiger partial charge on any atom is 0.161 e. The molecule has 7 nitrogen and oxygen atoms in total. The third-order valence-corrected chi connectivity index (χ3v) is 7.04. The van der Waals surface area contributed by atoms with Crippen LogP contribution in [0.5, 0.6) is 28.7 Å². The maximum absolute atomic E-state index is 11.2. The van der Waals surface area contributed by atoms with Crippen molar-refractivity contribution in [3.8, 4) is 39.9 Å². The number of aryl methyl sites for hydroxylation is 2. The Morgan fingerprint density at radius 1 is 0.971 bits per heavy atom. The lowest BCUT2D eigenvalue weighted by Crippen LogP contribution is -2.31. The van der Waals surface area contributed by atoms with E-state index in [1.54, 1.807) is 25.3 Å². The van der Waals surface area contributed by atoms with E-state index in [0.29, 0.717) is 47.6 Å². The molecule has 0 spiro atoms. The van der Waals surface area contributed by atoms with E-state index in [1.165, 1.54) is 7.11 Å². The zero-order chi connectivity index (χ0) is 24.7. The molecule has 2 atom stereocenters. The predicted octanol–water partition coefficient (Wildman–Crippen LogP) is 3.84. The first kappa shape index (κ1) is 23.3. The molecule has 7 heteroatoms. The van der Waals surface area contributed by atoms with Crippen LogP contribution in [0.4, 0.5) is 0 Å². The summed E-state index contributed by atoms with van der Waals surface area (Å²) in [6.07, 6.45) is 1.46. The number of ether oxygens (including phenoxy) is 3. The molecule has 0 aromatic heterocycles. The summed E-state index contributed by atoms with van der Waals surface area (Å²) in [7, 11) is 3.11.